The third kappa shape index (κ3) is 3.45. The van der Waals surface area contributed by atoms with E-state index >= 15 is 0 Å². The molecule has 0 heterocycles. The van der Waals surface area contributed by atoms with E-state index in [-0.39, 0.29) is 29.6 Å². The van der Waals surface area contributed by atoms with Gasteiger partial charge in [0, 0.05) is 0 Å². The second-order valence-corrected chi connectivity index (χ2v) is 5.22. The molecule has 0 aliphatic rings. The van der Waals surface area contributed by atoms with Gasteiger partial charge in [0.1, 0.15) is 20.8 Å². The van der Waals surface area contributed by atoms with Gasteiger partial charge < -0.3 is 4.55 Å². The predicted octanol–water partition coefficient (Wildman–Crippen LogP) is -0.602. The summed E-state index contributed by atoms with van der Waals surface area (Å²) in [5.41, 5.74) is 0. The number of hydrogen-bond acceptors (Lipinski definition) is 3. The van der Waals surface area contributed by atoms with Crippen LogP contribution in [-0.4, -0.2) is 13.0 Å². The van der Waals surface area contributed by atoms with Crippen LogP contribution in [0.4, 0.5) is 8.78 Å². The van der Waals surface area contributed by atoms with Crippen LogP contribution < -0.4 is 29.6 Å². The fourth-order valence-electron chi connectivity index (χ4n) is 0.771. The molecule has 0 saturated carbocycles. The van der Waals surface area contributed by atoms with E-state index in [9.17, 15) is 21.8 Å². The summed E-state index contributed by atoms with van der Waals surface area (Å²) < 4.78 is 56.6. The van der Waals surface area contributed by atoms with Crippen molar-refractivity contribution in [2.75, 3.05) is 0 Å². The van der Waals surface area contributed by atoms with Gasteiger partial charge in [-0.1, -0.05) is 0 Å². The molecule has 15 heavy (non-hydrogen) atoms. The molecule has 0 bridgehead atoms. The minimum absolute atomic E-state index is 0. The second-order valence-electron chi connectivity index (χ2n) is 2.25. The normalized spacial score (nSPS) is 11.0. The van der Waals surface area contributed by atoms with Crippen molar-refractivity contribution in [3.05, 3.63) is 26.6 Å². The predicted molar refractivity (Wildman–Crippen MR) is 49.7 cm³/mol. The van der Waals surface area contributed by atoms with E-state index < -0.39 is 35.6 Å². The van der Waals surface area contributed by atoms with Crippen molar-refractivity contribution in [1.82, 2.24) is 0 Å². The SMILES string of the molecule is O=S(=O)([O-])c1c(F)c(Br)cc(F)c1Br.[Na+]. The zero-order valence-corrected chi connectivity index (χ0v) is 13.2. The van der Waals surface area contributed by atoms with Gasteiger partial charge in [0.05, 0.1) is 8.95 Å². The summed E-state index contributed by atoms with van der Waals surface area (Å²) in [5, 5.41) is 0. The third-order valence-corrected chi connectivity index (χ3v) is 3.82. The molecule has 1 rings (SSSR count). The minimum atomic E-state index is -5.05. The summed E-state index contributed by atoms with van der Waals surface area (Å²) in [6.07, 6.45) is 0. The van der Waals surface area contributed by atoms with E-state index in [1.54, 1.807) is 0 Å². The van der Waals surface area contributed by atoms with Crippen LogP contribution in [0.5, 0.6) is 0 Å². The minimum Gasteiger partial charge on any atom is -0.744 e. The quantitative estimate of drug-likeness (QED) is 0.375. The van der Waals surface area contributed by atoms with Gasteiger partial charge in [0.25, 0.3) is 0 Å². The van der Waals surface area contributed by atoms with E-state index in [1.807, 2.05) is 0 Å². The smallest absolute Gasteiger partial charge is 0.744 e. The molecular formula is C6HBr2F2NaO3S. The zero-order valence-electron chi connectivity index (χ0n) is 7.22. The Labute approximate surface area is 124 Å². The van der Waals surface area contributed by atoms with Gasteiger partial charge in [-0.3, -0.25) is 0 Å². The monoisotopic (exact) mass is 372 g/mol. The summed E-state index contributed by atoms with van der Waals surface area (Å²) in [4.78, 5) is -1.23. The summed E-state index contributed by atoms with van der Waals surface area (Å²) in [5.74, 6) is -2.35. The Balaban J connectivity index is 0.00000196. The van der Waals surface area contributed by atoms with Crippen molar-refractivity contribution in [3.8, 4) is 0 Å². The Kier molecular flexibility index (Phi) is 5.87. The largest absolute Gasteiger partial charge is 1.00 e. The summed E-state index contributed by atoms with van der Waals surface area (Å²) in [6.45, 7) is 0. The van der Waals surface area contributed by atoms with Crippen molar-refractivity contribution in [3.63, 3.8) is 0 Å². The van der Waals surface area contributed by atoms with E-state index in [0.717, 1.165) is 0 Å². The summed E-state index contributed by atoms with van der Waals surface area (Å²) in [7, 11) is -5.05. The molecule has 78 valence electrons. The standard InChI is InChI=1S/C6H2Br2F2O3S.Na/c7-2-1-3(9)4(8)6(5(2)10)14(11,12)13;/h1H,(H,11,12,13);/q;+1/p-1. The molecule has 0 spiro atoms. The number of benzene rings is 1. The molecule has 3 nitrogen and oxygen atoms in total. The summed E-state index contributed by atoms with van der Waals surface area (Å²) in [6, 6.07) is 0.716. The maximum atomic E-state index is 13.1. The Morgan fingerprint density at radius 1 is 1.27 bits per heavy atom. The van der Waals surface area contributed by atoms with Crippen LogP contribution in [0, 0.1) is 11.6 Å². The van der Waals surface area contributed by atoms with Crippen LogP contribution in [0.2, 0.25) is 0 Å². The molecule has 9 heteroatoms. The summed E-state index contributed by atoms with van der Waals surface area (Å²) >= 11 is 5.07. The molecule has 0 atom stereocenters. The Hall–Kier alpha value is 0.950. The molecular weight excluding hydrogens is 373 g/mol. The van der Waals surface area contributed by atoms with Gasteiger partial charge in [0.15, 0.2) is 5.82 Å². The van der Waals surface area contributed by atoms with E-state index in [0.29, 0.717) is 6.07 Å². The molecule has 0 saturated heterocycles. The van der Waals surface area contributed by atoms with Gasteiger partial charge in [-0.2, -0.15) is 0 Å². The van der Waals surface area contributed by atoms with Gasteiger partial charge in [0.2, 0.25) is 0 Å². The van der Waals surface area contributed by atoms with Crippen LogP contribution in [0.1, 0.15) is 0 Å². The average Bonchev–Trinajstić information content (AvgIpc) is 1.98. The van der Waals surface area contributed by atoms with Gasteiger partial charge in [-0.25, -0.2) is 17.2 Å². The van der Waals surface area contributed by atoms with Crippen LogP contribution in [0.25, 0.3) is 0 Å². The van der Waals surface area contributed by atoms with Crippen molar-refractivity contribution in [1.29, 1.82) is 0 Å². The molecule has 0 aromatic heterocycles. The first-order valence-electron chi connectivity index (χ1n) is 3.04. The van der Waals surface area contributed by atoms with Crippen LogP contribution in [-0.2, 0) is 10.1 Å². The Morgan fingerprint density at radius 3 is 2.13 bits per heavy atom. The van der Waals surface area contributed by atoms with E-state index in [4.69, 9.17) is 0 Å². The number of hydrogen-bond donors (Lipinski definition) is 0. The van der Waals surface area contributed by atoms with E-state index in [1.165, 1.54) is 0 Å². The fourth-order valence-corrected chi connectivity index (χ4v) is 2.83. The van der Waals surface area contributed by atoms with Crippen LogP contribution in [0.15, 0.2) is 19.9 Å². The van der Waals surface area contributed by atoms with Gasteiger partial charge >= 0.3 is 29.6 Å². The Bertz CT molecular complexity index is 465. The fraction of sp³-hybridized carbons (Fsp3) is 0. The molecule has 0 radical (unpaired) electrons. The first-order chi connectivity index (χ1) is 6.25. The topological polar surface area (TPSA) is 57.2 Å². The first kappa shape index (κ1) is 16.0. The molecule has 1 aromatic rings. The number of halogens is 4. The third-order valence-electron chi connectivity index (χ3n) is 1.32. The van der Waals surface area contributed by atoms with Gasteiger partial charge in [-0.15, -0.1) is 0 Å². The van der Waals surface area contributed by atoms with E-state index in [2.05, 4.69) is 31.9 Å². The molecule has 0 fully saturated rings. The van der Waals surface area contributed by atoms with Crippen molar-refractivity contribution >= 4 is 42.0 Å². The Morgan fingerprint density at radius 2 is 1.73 bits per heavy atom. The van der Waals surface area contributed by atoms with Crippen LogP contribution in [0.3, 0.4) is 0 Å². The number of rotatable bonds is 1. The maximum Gasteiger partial charge on any atom is 1.00 e. The maximum absolute atomic E-state index is 13.1. The first-order valence-corrected chi connectivity index (χ1v) is 6.03. The van der Waals surface area contributed by atoms with Gasteiger partial charge in [-0.05, 0) is 37.9 Å². The molecule has 0 amide bonds. The molecule has 0 aliphatic heterocycles. The molecule has 0 N–H and O–H groups in total. The second kappa shape index (κ2) is 5.52. The zero-order chi connectivity index (χ0) is 11.1. The molecule has 0 unspecified atom stereocenters. The van der Waals surface area contributed by atoms with Crippen molar-refractivity contribution in [2.24, 2.45) is 0 Å². The average molecular weight is 374 g/mol. The van der Waals surface area contributed by atoms with Crippen molar-refractivity contribution in [2.45, 2.75) is 4.90 Å². The van der Waals surface area contributed by atoms with Crippen molar-refractivity contribution < 1.29 is 51.3 Å². The molecule has 0 aliphatic carbocycles. The molecule has 1 aromatic carbocycles. The van der Waals surface area contributed by atoms with Crippen LogP contribution >= 0.6 is 31.9 Å².